The largest absolute Gasteiger partial charge is 0.497 e. The van der Waals surface area contributed by atoms with Crippen molar-refractivity contribution in [1.82, 2.24) is 20.6 Å². The second kappa shape index (κ2) is 10.7. The van der Waals surface area contributed by atoms with Crippen molar-refractivity contribution in [2.24, 2.45) is 0 Å². The molecule has 1 aromatic carbocycles. The van der Waals surface area contributed by atoms with Gasteiger partial charge in [-0.1, -0.05) is 12.1 Å². The number of ether oxygens (including phenoxy) is 2. The van der Waals surface area contributed by atoms with E-state index in [1.54, 1.807) is 14.2 Å². The van der Waals surface area contributed by atoms with Crippen molar-refractivity contribution < 1.29 is 19.1 Å². The van der Waals surface area contributed by atoms with E-state index >= 15 is 0 Å². The highest BCUT2D eigenvalue weighted by atomic mass is 16.5. The van der Waals surface area contributed by atoms with E-state index in [-0.39, 0.29) is 30.1 Å². The molecule has 2 aromatic rings. The number of anilines is 1. The van der Waals surface area contributed by atoms with Crippen LogP contribution in [-0.4, -0.2) is 54.6 Å². The molecule has 1 aliphatic heterocycles. The molecule has 0 radical (unpaired) electrons. The van der Waals surface area contributed by atoms with Crippen LogP contribution in [0.1, 0.15) is 48.2 Å². The summed E-state index contributed by atoms with van der Waals surface area (Å²) in [6.45, 7) is 1.97. The number of benzene rings is 1. The smallest absolute Gasteiger partial charge is 0.254 e. The summed E-state index contributed by atoms with van der Waals surface area (Å²) in [5, 5.41) is 8.72. The Balaban J connectivity index is 1.58. The standard InChI is InChI=1S/C22H29N5O4/c1-14(28)27-17-10-19(31-20(11-17)15-4-6-18(30-3)7-5-15)8-9-24-21(29)16-12-25-22(23-2)26-13-16/h4-7,12-13,17,19-20H,8-11H2,1-3H3,(H,24,29)(H,27,28)(H,23,25,26)/t17-,19+,20+/m0/s1. The maximum Gasteiger partial charge on any atom is 0.254 e. The number of methoxy groups -OCH3 is 1. The van der Waals surface area contributed by atoms with Crippen LogP contribution < -0.4 is 20.7 Å². The number of nitrogens with one attached hydrogen (secondary N) is 3. The van der Waals surface area contributed by atoms with Crippen LogP contribution in [0.2, 0.25) is 0 Å². The quantitative estimate of drug-likeness (QED) is 0.591. The Bertz CT molecular complexity index is 872. The zero-order chi connectivity index (χ0) is 22.2. The Morgan fingerprint density at radius 1 is 1.16 bits per heavy atom. The van der Waals surface area contributed by atoms with E-state index in [0.717, 1.165) is 11.3 Å². The summed E-state index contributed by atoms with van der Waals surface area (Å²) in [5.41, 5.74) is 1.43. The lowest BCUT2D eigenvalue weighted by Gasteiger charge is -2.36. The van der Waals surface area contributed by atoms with Gasteiger partial charge in [0.1, 0.15) is 5.75 Å². The third-order valence-electron chi connectivity index (χ3n) is 5.19. The van der Waals surface area contributed by atoms with Gasteiger partial charge in [0, 0.05) is 39.0 Å². The average molecular weight is 428 g/mol. The van der Waals surface area contributed by atoms with Crippen molar-refractivity contribution in [2.45, 2.75) is 44.4 Å². The molecule has 3 rings (SSSR count). The van der Waals surface area contributed by atoms with Crippen LogP contribution in [0.25, 0.3) is 0 Å². The number of hydrogen-bond acceptors (Lipinski definition) is 7. The first-order valence-electron chi connectivity index (χ1n) is 10.3. The van der Waals surface area contributed by atoms with Crippen LogP contribution in [0.15, 0.2) is 36.7 Å². The van der Waals surface area contributed by atoms with Crippen molar-refractivity contribution in [3.63, 3.8) is 0 Å². The van der Waals surface area contributed by atoms with Gasteiger partial charge in [0.05, 0.1) is 24.9 Å². The van der Waals surface area contributed by atoms with E-state index in [4.69, 9.17) is 9.47 Å². The van der Waals surface area contributed by atoms with Crippen molar-refractivity contribution in [2.75, 3.05) is 26.0 Å². The Morgan fingerprint density at radius 3 is 2.48 bits per heavy atom. The summed E-state index contributed by atoms with van der Waals surface area (Å²) in [4.78, 5) is 32.0. The predicted octanol–water partition coefficient (Wildman–Crippen LogP) is 2.07. The van der Waals surface area contributed by atoms with Crippen LogP contribution in [0.3, 0.4) is 0 Å². The minimum Gasteiger partial charge on any atom is -0.497 e. The SMILES string of the molecule is CNc1ncc(C(=O)NCC[C@@H]2C[C@H](NC(C)=O)C[C@H](c3ccc(OC)cc3)O2)cn1. The molecule has 0 unspecified atom stereocenters. The van der Waals surface area contributed by atoms with E-state index in [9.17, 15) is 9.59 Å². The Kier molecular flexibility index (Phi) is 7.77. The number of amides is 2. The van der Waals surface area contributed by atoms with Crippen molar-refractivity contribution in [1.29, 1.82) is 0 Å². The minimum atomic E-state index is -0.233. The molecule has 1 fully saturated rings. The van der Waals surface area contributed by atoms with Crippen molar-refractivity contribution in [3.8, 4) is 5.75 Å². The van der Waals surface area contributed by atoms with Gasteiger partial charge in [0.2, 0.25) is 11.9 Å². The molecule has 1 aliphatic rings. The summed E-state index contributed by atoms with van der Waals surface area (Å²) >= 11 is 0. The molecule has 0 aliphatic carbocycles. The van der Waals surface area contributed by atoms with E-state index in [0.29, 0.717) is 37.3 Å². The molecule has 0 spiro atoms. The fourth-order valence-corrected chi connectivity index (χ4v) is 3.66. The van der Waals surface area contributed by atoms with Crippen LogP contribution in [0.5, 0.6) is 5.75 Å². The zero-order valence-corrected chi connectivity index (χ0v) is 18.1. The summed E-state index contributed by atoms with van der Waals surface area (Å²) in [6, 6.07) is 7.77. The molecule has 1 aromatic heterocycles. The summed E-state index contributed by atoms with van der Waals surface area (Å²) < 4.78 is 11.5. The van der Waals surface area contributed by atoms with Crippen LogP contribution in [-0.2, 0) is 9.53 Å². The van der Waals surface area contributed by atoms with E-state index in [1.165, 1.54) is 19.3 Å². The summed E-state index contributed by atoms with van der Waals surface area (Å²) in [5.74, 6) is 0.950. The molecule has 2 amide bonds. The molecule has 166 valence electrons. The summed E-state index contributed by atoms with van der Waals surface area (Å²) in [7, 11) is 3.34. The van der Waals surface area contributed by atoms with Gasteiger partial charge in [-0.05, 0) is 37.0 Å². The molecule has 0 bridgehead atoms. The molecule has 0 saturated carbocycles. The van der Waals surface area contributed by atoms with Crippen LogP contribution in [0, 0.1) is 0 Å². The number of aromatic nitrogens is 2. The lowest BCUT2D eigenvalue weighted by atomic mass is 9.93. The highest BCUT2D eigenvalue weighted by molar-refractivity contribution is 5.93. The second-order valence-corrected chi connectivity index (χ2v) is 7.48. The normalized spacial score (nSPS) is 20.5. The van der Waals surface area contributed by atoms with Crippen molar-refractivity contribution in [3.05, 3.63) is 47.8 Å². The first-order valence-corrected chi connectivity index (χ1v) is 10.3. The second-order valence-electron chi connectivity index (χ2n) is 7.48. The lowest BCUT2D eigenvalue weighted by molar-refractivity contribution is -0.122. The fourth-order valence-electron chi connectivity index (χ4n) is 3.66. The Hall–Kier alpha value is -3.20. The Labute approximate surface area is 182 Å². The highest BCUT2D eigenvalue weighted by Gasteiger charge is 2.30. The minimum absolute atomic E-state index is 0.0153. The Morgan fingerprint density at radius 2 is 1.87 bits per heavy atom. The maximum atomic E-state index is 12.3. The number of carbonyl (C=O) groups excluding carboxylic acids is 2. The molecule has 31 heavy (non-hydrogen) atoms. The van der Waals surface area contributed by atoms with Crippen molar-refractivity contribution >= 4 is 17.8 Å². The molecule has 3 atom stereocenters. The van der Waals surface area contributed by atoms with Gasteiger partial charge in [-0.15, -0.1) is 0 Å². The highest BCUT2D eigenvalue weighted by Crippen LogP contribution is 2.33. The van der Waals surface area contributed by atoms with Gasteiger partial charge in [-0.2, -0.15) is 0 Å². The first kappa shape index (κ1) is 22.5. The van der Waals surface area contributed by atoms with E-state index in [2.05, 4.69) is 25.9 Å². The molecule has 9 nitrogen and oxygen atoms in total. The van der Waals surface area contributed by atoms with Crippen LogP contribution >= 0.6 is 0 Å². The average Bonchev–Trinajstić information content (AvgIpc) is 2.78. The van der Waals surface area contributed by atoms with Gasteiger partial charge in [-0.25, -0.2) is 9.97 Å². The predicted molar refractivity (Wildman–Crippen MR) is 116 cm³/mol. The maximum absolute atomic E-state index is 12.3. The number of rotatable bonds is 8. The molecular weight excluding hydrogens is 398 g/mol. The van der Waals surface area contributed by atoms with Gasteiger partial charge < -0.3 is 25.4 Å². The number of hydrogen-bond donors (Lipinski definition) is 3. The zero-order valence-electron chi connectivity index (χ0n) is 18.1. The van der Waals surface area contributed by atoms with Gasteiger partial charge in [0.25, 0.3) is 5.91 Å². The number of nitrogens with zero attached hydrogens (tertiary/aromatic N) is 2. The van der Waals surface area contributed by atoms with Crippen LogP contribution in [0.4, 0.5) is 5.95 Å². The summed E-state index contributed by atoms with van der Waals surface area (Å²) in [6.07, 6.45) is 4.76. The molecule has 3 N–H and O–H groups in total. The lowest BCUT2D eigenvalue weighted by Crippen LogP contribution is -2.43. The monoisotopic (exact) mass is 427 g/mol. The first-order chi connectivity index (χ1) is 15.0. The van der Waals surface area contributed by atoms with E-state index in [1.807, 2.05) is 24.3 Å². The third-order valence-corrected chi connectivity index (χ3v) is 5.19. The topological polar surface area (TPSA) is 114 Å². The van der Waals surface area contributed by atoms with Gasteiger partial charge in [-0.3, -0.25) is 9.59 Å². The third kappa shape index (κ3) is 6.39. The fraction of sp³-hybridized carbons (Fsp3) is 0.455. The molecule has 9 heteroatoms. The molecule has 1 saturated heterocycles. The van der Waals surface area contributed by atoms with Gasteiger partial charge in [0.15, 0.2) is 0 Å². The number of carbonyl (C=O) groups is 2. The van der Waals surface area contributed by atoms with E-state index < -0.39 is 0 Å². The van der Waals surface area contributed by atoms with Gasteiger partial charge >= 0.3 is 0 Å². The molecule has 2 heterocycles. The molecular formula is C22H29N5O4.